The van der Waals surface area contributed by atoms with E-state index in [2.05, 4.69) is 4.99 Å². The number of hydrogen-bond donors (Lipinski definition) is 0. The van der Waals surface area contributed by atoms with Gasteiger partial charge in [-0.2, -0.15) is 0 Å². The zero-order chi connectivity index (χ0) is 5.70. The Balaban J connectivity index is 0. The Labute approximate surface area is 56.4 Å². The van der Waals surface area contributed by atoms with Gasteiger partial charge in [-0.15, -0.1) is 12.4 Å². The molecule has 3 heteroatoms. The molecule has 0 spiro atoms. The lowest BCUT2D eigenvalue weighted by Crippen LogP contribution is -1.96. The van der Waals surface area contributed by atoms with Gasteiger partial charge in [-0.25, -0.2) is 0 Å². The predicted molar refractivity (Wildman–Crippen MR) is 37.9 cm³/mol. The summed E-state index contributed by atoms with van der Waals surface area (Å²) >= 11 is 0. The van der Waals surface area contributed by atoms with Crippen LogP contribution in [0.1, 0.15) is 13.8 Å². The van der Waals surface area contributed by atoms with Gasteiger partial charge in [-0.05, 0) is 6.92 Å². The molecule has 50 valence electrons. The van der Waals surface area contributed by atoms with E-state index in [1.165, 1.54) is 0 Å². The molecule has 0 aliphatic carbocycles. The Hall–Kier alpha value is -0.240. The van der Waals surface area contributed by atoms with Gasteiger partial charge in [0, 0.05) is 14.0 Å². The first-order valence-corrected chi connectivity index (χ1v) is 2.37. The van der Waals surface area contributed by atoms with E-state index in [9.17, 15) is 0 Å². The molecule has 0 aromatic carbocycles. The van der Waals surface area contributed by atoms with Crippen molar-refractivity contribution in [3.05, 3.63) is 0 Å². The Kier molecular flexibility index (Phi) is 9.03. The number of aliphatic imine (C=N–C) groups is 1. The van der Waals surface area contributed by atoms with Crippen LogP contribution in [0.3, 0.4) is 0 Å². The molecule has 0 N–H and O–H groups in total. The second-order valence-electron chi connectivity index (χ2n) is 1.18. The van der Waals surface area contributed by atoms with Crippen LogP contribution in [-0.4, -0.2) is 19.6 Å². The molecule has 0 atom stereocenters. The number of nitrogens with zero attached hydrogens (tertiary/aromatic N) is 1. The fourth-order valence-corrected chi connectivity index (χ4v) is 0.273. The van der Waals surface area contributed by atoms with Crippen molar-refractivity contribution in [1.82, 2.24) is 0 Å². The highest BCUT2D eigenvalue weighted by molar-refractivity contribution is 5.85. The van der Waals surface area contributed by atoms with Gasteiger partial charge in [0.05, 0.1) is 6.61 Å². The van der Waals surface area contributed by atoms with Crippen molar-refractivity contribution < 1.29 is 4.74 Å². The summed E-state index contributed by atoms with van der Waals surface area (Å²) in [6.07, 6.45) is 0. The maximum absolute atomic E-state index is 4.94. The summed E-state index contributed by atoms with van der Waals surface area (Å²) in [4.78, 5) is 3.77. The van der Waals surface area contributed by atoms with Crippen LogP contribution in [0.15, 0.2) is 4.99 Å². The molecule has 0 radical (unpaired) electrons. The van der Waals surface area contributed by atoms with E-state index >= 15 is 0 Å². The second-order valence-corrected chi connectivity index (χ2v) is 1.18. The van der Waals surface area contributed by atoms with Crippen molar-refractivity contribution in [2.45, 2.75) is 13.8 Å². The number of halogens is 1. The quantitative estimate of drug-likeness (QED) is 0.397. The molecular formula is C5H12ClNO. The molecule has 0 saturated carbocycles. The minimum Gasteiger partial charge on any atom is -0.482 e. The summed E-state index contributed by atoms with van der Waals surface area (Å²) in [5.41, 5.74) is 0. The first kappa shape index (κ1) is 10.7. The Morgan fingerprint density at radius 2 is 2.12 bits per heavy atom. The van der Waals surface area contributed by atoms with E-state index in [1.54, 1.807) is 7.05 Å². The Morgan fingerprint density at radius 1 is 1.62 bits per heavy atom. The van der Waals surface area contributed by atoms with Crippen molar-refractivity contribution in [2.75, 3.05) is 13.7 Å². The first-order chi connectivity index (χ1) is 3.31. The lowest BCUT2D eigenvalue weighted by Gasteiger charge is -1.96. The fraction of sp³-hybridized carbons (Fsp3) is 0.800. The van der Waals surface area contributed by atoms with Crippen molar-refractivity contribution in [3.8, 4) is 0 Å². The zero-order valence-corrected chi connectivity index (χ0v) is 6.29. The minimum atomic E-state index is 0. The monoisotopic (exact) mass is 137 g/mol. The predicted octanol–water partition coefficient (Wildman–Crippen LogP) is 1.49. The minimum absolute atomic E-state index is 0. The van der Waals surface area contributed by atoms with E-state index in [0.717, 1.165) is 5.90 Å². The molecule has 0 aromatic rings. The average Bonchev–Trinajstić information content (AvgIpc) is 1.68. The smallest absolute Gasteiger partial charge is 0.179 e. The van der Waals surface area contributed by atoms with Crippen LogP contribution < -0.4 is 0 Å². The second kappa shape index (κ2) is 6.76. The van der Waals surface area contributed by atoms with Crippen molar-refractivity contribution in [3.63, 3.8) is 0 Å². The van der Waals surface area contributed by atoms with Crippen LogP contribution in [-0.2, 0) is 4.74 Å². The summed E-state index contributed by atoms with van der Waals surface area (Å²) < 4.78 is 4.94. The van der Waals surface area contributed by atoms with Gasteiger partial charge in [0.15, 0.2) is 5.90 Å². The summed E-state index contributed by atoms with van der Waals surface area (Å²) in [6, 6.07) is 0. The molecule has 0 amide bonds. The van der Waals surface area contributed by atoms with Gasteiger partial charge in [0.2, 0.25) is 0 Å². The molecule has 0 aliphatic rings. The third kappa shape index (κ3) is 5.76. The van der Waals surface area contributed by atoms with Crippen LogP contribution >= 0.6 is 12.4 Å². The highest BCUT2D eigenvalue weighted by Crippen LogP contribution is 1.76. The molecule has 2 nitrogen and oxygen atoms in total. The van der Waals surface area contributed by atoms with Crippen LogP contribution in [0.25, 0.3) is 0 Å². The standard InChI is InChI=1S/C5H11NO.ClH/c1-4-7-5(2)6-3;/h4H2,1-3H3;1H. The van der Waals surface area contributed by atoms with Crippen molar-refractivity contribution in [1.29, 1.82) is 0 Å². The molecule has 8 heavy (non-hydrogen) atoms. The molecule has 0 aliphatic heterocycles. The summed E-state index contributed by atoms with van der Waals surface area (Å²) in [5, 5.41) is 0. The van der Waals surface area contributed by atoms with Gasteiger partial charge >= 0.3 is 0 Å². The normalized spacial score (nSPS) is 10.1. The van der Waals surface area contributed by atoms with E-state index in [0.29, 0.717) is 6.61 Å². The molecule has 0 bridgehead atoms. The third-order valence-corrected chi connectivity index (χ3v) is 0.668. The van der Waals surface area contributed by atoms with Gasteiger partial charge in [0.1, 0.15) is 0 Å². The summed E-state index contributed by atoms with van der Waals surface area (Å²) in [5.74, 6) is 0.752. The molecule has 0 unspecified atom stereocenters. The van der Waals surface area contributed by atoms with E-state index < -0.39 is 0 Å². The van der Waals surface area contributed by atoms with Gasteiger partial charge < -0.3 is 4.74 Å². The van der Waals surface area contributed by atoms with Crippen LogP contribution in [0.4, 0.5) is 0 Å². The lowest BCUT2D eigenvalue weighted by atomic mass is 10.7. The average molecular weight is 138 g/mol. The lowest BCUT2D eigenvalue weighted by molar-refractivity contribution is 0.324. The van der Waals surface area contributed by atoms with Gasteiger partial charge in [0.25, 0.3) is 0 Å². The molecular weight excluding hydrogens is 126 g/mol. The zero-order valence-electron chi connectivity index (χ0n) is 5.47. The number of ether oxygens (including phenoxy) is 1. The molecule has 0 fully saturated rings. The maximum Gasteiger partial charge on any atom is 0.179 e. The highest BCUT2D eigenvalue weighted by Gasteiger charge is 1.79. The maximum atomic E-state index is 4.94. The first-order valence-electron chi connectivity index (χ1n) is 2.37. The molecule has 0 heterocycles. The summed E-state index contributed by atoms with van der Waals surface area (Å²) in [7, 11) is 1.71. The highest BCUT2D eigenvalue weighted by atomic mass is 35.5. The SMILES string of the molecule is CCOC(C)=NC.Cl. The summed E-state index contributed by atoms with van der Waals surface area (Å²) in [6.45, 7) is 4.49. The van der Waals surface area contributed by atoms with Gasteiger partial charge in [-0.3, -0.25) is 4.99 Å². The topological polar surface area (TPSA) is 21.6 Å². The Bertz CT molecular complexity index is 72.8. The molecule has 0 saturated heterocycles. The largest absolute Gasteiger partial charge is 0.482 e. The molecule has 0 aromatic heterocycles. The van der Waals surface area contributed by atoms with Crippen LogP contribution in [0.5, 0.6) is 0 Å². The van der Waals surface area contributed by atoms with Crippen LogP contribution in [0, 0.1) is 0 Å². The van der Waals surface area contributed by atoms with Crippen molar-refractivity contribution in [2.24, 2.45) is 4.99 Å². The van der Waals surface area contributed by atoms with E-state index in [4.69, 9.17) is 4.74 Å². The number of hydrogen-bond acceptors (Lipinski definition) is 2. The van der Waals surface area contributed by atoms with Gasteiger partial charge in [-0.1, -0.05) is 0 Å². The Morgan fingerprint density at radius 3 is 2.25 bits per heavy atom. The van der Waals surface area contributed by atoms with Crippen LogP contribution in [0.2, 0.25) is 0 Å². The third-order valence-electron chi connectivity index (χ3n) is 0.668. The van der Waals surface area contributed by atoms with E-state index in [1.807, 2.05) is 13.8 Å². The van der Waals surface area contributed by atoms with E-state index in [-0.39, 0.29) is 12.4 Å². The number of rotatable bonds is 1. The van der Waals surface area contributed by atoms with Crippen molar-refractivity contribution >= 4 is 18.3 Å². The molecule has 0 rings (SSSR count). The fourth-order valence-electron chi connectivity index (χ4n) is 0.273.